The van der Waals surface area contributed by atoms with Gasteiger partial charge < -0.3 is 15.1 Å². The summed E-state index contributed by atoms with van der Waals surface area (Å²) in [5.74, 6) is 3.39. The summed E-state index contributed by atoms with van der Waals surface area (Å²) in [5.41, 5.74) is 0. The maximum absolute atomic E-state index is 12.2. The van der Waals surface area contributed by atoms with Gasteiger partial charge in [-0.05, 0) is 38.0 Å². The lowest BCUT2D eigenvalue weighted by atomic mass is 10.3. The smallest absolute Gasteiger partial charge is 0.225 e. The van der Waals surface area contributed by atoms with E-state index in [2.05, 4.69) is 20.2 Å². The highest BCUT2D eigenvalue weighted by atomic mass is 16.2. The molecule has 1 aromatic heterocycles. The van der Waals surface area contributed by atoms with Gasteiger partial charge in [-0.1, -0.05) is 0 Å². The maximum atomic E-state index is 12.2. The minimum Gasteiger partial charge on any atom is -0.370 e. The van der Waals surface area contributed by atoms with Crippen molar-refractivity contribution >= 4 is 17.5 Å². The number of aromatic nitrogens is 2. The summed E-state index contributed by atoms with van der Waals surface area (Å²) in [6.45, 7) is 4.51. The zero-order valence-electron chi connectivity index (χ0n) is 13.6. The molecular formula is C17H25N5O. The van der Waals surface area contributed by atoms with Crippen molar-refractivity contribution in [3.63, 3.8) is 0 Å². The third-order valence-electron chi connectivity index (χ3n) is 4.98. The number of carbonyl (C=O) groups is 1. The van der Waals surface area contributed by atoms with Crippen LogP contribution >= 0.6 is 0 Å². The van der Waals surface area contributed by atoms with E-state index in [-0.39, 0.29) is 0 Å². The molecule has 3 aliphatic rings. The number of anilines is 2. The molecule has 2 aliphatic carbocycles. The van der Waals surface area contributed by atoms with Gasteiger partial charge in [-0.2, -0.15) is 0 Å². The van der Waals surface area contributed by atoms with Crippen LogP contribution in [0, 0.1) is 11.8 Å². The van der Waals surface area contributed by atoms with E-state index in [9.17, 15) is 4.79 Å². The Morgan fingerprint density at radius 3 is 2.78 bits per heavy atom. The molecule has 6 nitrogen and oxygen atoms in total. The Kier molecular flexibility index (Phi) is 4.06. The van der Waals surface area contributed by atoms with Crippen LogP contribution in [0.1, 0.15) is 32.1 Å². The van der Waals surface area contributed by atoms with Crippen molar-refractivity contribution in [1.29, 1.82) is 0 Å². The summed E-state index contributed by atoms with van der Waals surface area (Å²) < 4.78 is 0. The second-order valence-corrected chi connectivity index (χ2v) is 7.03. The van der Waals surface area contributed by atoms with E-state index in [1.54, 1.807) is 6.33 Å². The van der Waals surface area contributed by atoms with Crippen molar-refractivity contribution in [3.05, 3.63) is 12.4 Å². The Morgan fingerprint density at radius 2 is 2.00 bits per heavy atom. The zero-order chi connectivity index (χ0) is 15.6. The fraction of sp³-hybridized carbons (Fsp3) is 0.706. The third-order valence-corrected chi connectivity index (χ3v) is 4.98. The van der Waals surface area contributed by atoms with Crippen LogP contribution in [0.2, 0.25) is 0 Å². The Morgan fingerprint density at radius 1 is 1.13 bits per heavy atom. The third kappa shape index (κ3) is 3.74. The normalized spacial score (nSPS) is 21.9. The molecule has 1 saturated heterocycles. The summed E-state index contributed by atoms with van der Waals surface area (Å²) in [6.07, 6.45) is 7.49. The molecule has 0 aromatic carbocycles. The molecule has 124 valence electrons. The molecule has 2 saturated carbocycles. The molecule has 3 fully saturated rings. The van der Waals surface area contributed by atoms with Crippen LogP contribution in [0.15, 0.2) is 12.4 Å². The van der Waals surface area contributed by atoms with Gasteiger partial charge in [0.2, 0.25) is 5.91 Å². The molecule has 1 aliphatic heterocycles. The fourth-order valence-electron chi connectivity index (χ4n) is 3.14. The number of amides is 1. The van der Waals surface area contributed by atoms with Crippen molar-refractivity contribution in [2.24, 2.45) is 11.8 Å². The number of hydrogen-bond acceptors (Lipinski definition) is 5. The summed E-state index contributed by atoms with van der Waals surface area (Å²) >= 11 is 0. The van der Waals surface area contributed by atoms with Crippen molar-refractivity contribution in [2.45, 2.75) is 32.1 Å². The van der Waals surface area contributed by atoms with Crippen LogP contribution in [0.5, 0.6) is 0 Å². The summed E-state index contributed by atoms with van der Waals surface area (Å²) in [7, 11) is 0. The molecule has 2 heterocycles. The number of rotatable bonds is 5. The van der Waals surface area contributed by atoms with Gasteiger partial charge in [-0.25, -0.2) is 9.97 Å². The second kappa shape index (κ2) is 6.34. The van der Waals surface area contributed by atoms with E-state index in [1.165, 1.54) is 12.8 Å². The first kappa shape index (κ1) is 14.7. The fourth-order valence-corrected chi connectivity index (χ4v) is 3.14. The predicted octanol–water partition coefficient (Wildman–Crippen LogP) is 1.75. The molecule has 1 aromatic rings. The minimum atomic E-state index is 0.318. The molecule has 4 rings (SSSR count). The second-order valence-electron chi connectivity index (χ2n) is 7.03. The number of nitrogens with zero attached hydrogens (tertiary/aromatic N) is 4. The van der Waals surface area contributed by atoms with E-state index in [1.807, 2.05) is 11.0 Å². The van der Waals surface area contributed by atoms with Gasteiger partial charge >= 0.3 is 0 Å². The van der Waals surface area contributed by atoms with E-state index in [0.717, 1.165) is 69.5 Å². The lowest BCUT2D eigenvalue weighted by Gasteiger charge is -2.23. The van der Waals surface area contributed by atoms with Gasteiger partial charge in [0, 0.05) is 44.7 Å². The van der Waals surface area contributed by atoms with E-state index >= 15 is 0 Å². The molecule has 1 amide bonds. The topological polar surface area (TPSA) is 61.4 Å². The van der Waals surface area contributed by atoms with E-state index in [0.29, 0.717) is 11.8 Å². The van der Waals surface area contributed by atoms with Crippen LogP contribution in [0.4, 0.5) is 11.6 Å². The lowest BCUT2D eigenvalue weighted by Crippen LogP contribution is -2.36. The standard InChI is InChI=1S/C17H25N5O/c23-17(14-4-5-14)22-7-1-6-21(8-9-22)16-10-15(19-12-20-16)18-11-13-2-3-13/h10,12-14H,1-9,11H2,(H,18,19,20). The summed E-state index contributed by atoms with van der Waals surface area (Å²) in [6, 6.07) is 2.04. The SMILES string of the molecule is O=C(C1CC1)N1CCCN(c2cc(NCC3CC3)ncn2)CC1. The van der Waals surface area contributed by atoms with Crippen LogP contribution < -0.4 is 10.2 Å². The van der Waals surface area contributed by atoms with Crippen LogP contribution in [-0.4, -0.2) is 53.5 Å². The van der Waals surface area contributed by atoms with Crippen molar-refractivity contribution in [2.75, 3.05) is 42.9 Å². The highest BCUT2D eigenvalue weighted by Gasteiger charge is 2.34. The van der Waals surface area contributed by atoms with Gasteiger partial charge in [0.15, 0.2) is 0 Å². The minimum absolute atomic E-state index is 0.318. The molecule has 23 heavy (non-hydrogen) atoms. The van der Waals surface area contributed by atoms with Gasteiger partial charge in [0.1, 0.15) is 18.0 Å². The molecule has 1 N–H and O–H groups in total. The Balaban J connectivity index is 1.37. The van der Waals surface area contributed by atoms with Gasteiger partial charge in [-0.15, -0.1) is 0 Å². The number of carbonyl (C=O) groups excluding carboxylic acids is 1. The number of nitrogens with one attached hydrogen (secondary N) is 1. The number of hydrogen-bond donors (Lipinski definition) is 1. The largest absolute Gasteiger partial charge is 0.370 e. The van der Waals surface area contributed by atoms with Crippen LogP contribution in [0.3, 0.4) is 0 Å². The molecule has 0 radical (unpaired) electrons. The lowest BCUT2D eigenvalue weighted by molar-refractivity contribution is -0.132. The molecule has 0 spiro atoms. The van der Waals surface area contributed by atoms with Crippen molar-refractivity contribution < 1.29 is 4.79 Å². The van der Waals surface area contributed by atoms with Gasteiger partial charge in [0.25, 0.3) is 0 Å². The first-order valence-electron chi connectivity index (χ1n) is 8.89. The van der Waals surface area contributed by atoms with E-state index in [4.69, 9.17) is 0 Å². The van der Waals surface area contributed by atoms with Crippen LogP contribution in [-0.2, 0) is 4.79 Å². The highest BCUT2D eigenvalue weighted by molar-refractivity contribution is 5.81. The highest BCUT2D eigenvalue weighted by Crippen LogP contribution is 2.31. The Bertz CT molecular complexity index is 570. The first-order valence-corrected chi connectivity index (χ1v) is 8.89. The average Bonchev–Trinajstić information content (AvgIpc) is 3.45. The molecule has 6 heteroatoms. The van der Waals surface area contributed by atoms with Crippen LogP contribution in [0.25, 0.3) is 0 Å². The monoisotopic (exact) mass is 315 g/mol. The summed E-state index contributed by atoms with van der Waals surface area (Å²) in [5, 5.41) is 3.41. The van der Waals surface area contributed by atoms with Crippen molar-refractivity contribution in [3.8, 4) is 0 Å². The first-order chi connectivity index (χ1) is 11.3. The van der Waals surface area contributed by atoms with Gasteiger partial charge in [-0.3, -0.25) is 4.79 Å². The van der Waals surface area contributed by atoms with E-state index < -0.39 is 0 Å². The predicted molar refractivity (Wildman–Crippen MR) is 89.4 cm³/mol. The summed E-state index contributed by atoms with van der Waals surface area (Å²) in [4.78, 5) is 25.3. The molecule has 0 bridgehead atoms. The Labute approximate surface area is 137 Å². The van der Waals surface area contributed by atoms with Crippen molar-refractivity contribution in [1.82, 2.24) is 14.9 Å². The molecular weight excluding hydrogens is 290 g/mol. The average molecular weight is 315 g/mol. The molecule has 0 atom stereocenters. The molecule has 0 unspecified atom stereocenters. The maximum Gasteiger partial charge on any atom is 0.225 e. The zero-order valence-corrected chi connectivity index (χ0v) is 13.6. The quantitative estimate of drug-likeness (QED) is 0.897. The van der Waals surface area contributed by atoms with Gasteiger partial charge in [0.05, 0.1) is 0 Å². The Hall–Kier alpha value is -1.85.